The Morgan fingerprint density at radius 1 is 0.952 bits per heavy atom. The first-order valence-electron chi connectivity index (χ1n) is 14.2. The average Bonchev–Trinajstić information content (AvgIpc) is 3.35. The first-order valence-corrected chi connectivity index (χ1v) is 14.6. The summed E-state index contributed by atoms with van der Waals surface area (Å²) < 4.78 is 15.7. The van der Waals surface area contributed by atoms with Crippen molar-refractivity contribution in [2.75, 3.05) is 19.7 Å². The third kappa shape index (κ3) is 5.59. The molecule has 0 unspecified atom stereocenters. The molecule has 3 N–H and O–H groups in total. The maximum Gasteiger partial charge on any atom is 0.255 e. The molecular weight excluding hydrogens is 553 g/mol. The Morgan fingerprint density at radius 3 is 2.19 bits per heavy atom. The summed E-state index contributed by atoms with van der Waals surface area (Å²) in [5.74, 6) is -1.02. The van der Waals surface area contributed by atoms with Crippen LogP contribution in [0.2, 0.25) is 5.02 Å². The van der Waals surface area contributed by atoms with E-state index in [1.165, 1.54) is 12.1 Å². The molecule has 218 valence electrons. The number of primary amides is 1. The molecular formula is C34H35ClFN3O3. The number of likely N-dealkylation sites (tertiary alicyclic amines) is 1. The summed E-state index contributed by atoms with van der Waals surface area (Å²) in [6.07, 6.45) is 1.62. The molecule has 1 aliphatic rings. The topological polar surface area (TPSA) is 88.6 Å². The summed E-state index contributed by atoms with van der Waals surface area (Å²) in [7, 11) is 0. The van der Waals surface area contributed by atoms with Crippen molar-refractivity contribution in [1.82, 2.24) is 9.47 Å². The Kier molecular flexibility index (Phi) is 8.53. The van der Waals surface area contributed by atoms with Crippen molar-refractivity contribution in [2.45, 2.75) is 44.9 Å². The van der Waals surface area contributed by atoms with Crippen molar-refractivity contribution in [2.24, 2.45) is 5.73 Å². The minimum Gasteiger partial charge on any atom is -0.396 e. The van der Waals surface area contributed by atoms with Crippen LogP contribution in [0.3, 0.4) is 0 Å². The van der Waals surface area contributed by atoms with E-state index in [4.69, 9.17) is 17.3 Å². The van der Waals surface area contributed by atoms with E-state index in [1.807, 2.05) is 62.4 Å². The second kappa shape index (κ2) is 12.1. The van der Waals surface area contributed by atoms with Crippen LogP contribution in [0, 0.1) is 19.7 Å². The van der Waals surface area contributed by atoms with Crippen LogP contribution in [-0.4, -0.2) is 46.1 Å². The number of halogens is 2. The monoisotopic (exact) mass is 587 g/mol. The van der Waals surface area contributed by atoms with E-state index < -0.39 is 11.3 Å². The second-order valence-corrected chi connectivity index (χ2v) is 11.5. The van der Waals surface area contributed by atoms with Crippen molar-refractivity contribution >= 4 is 23.4 Å². The molecule has 2 amide bonds. The molecule has 2 heterocycles. The lowest BCUT2D eigenvalue weighted by Gasteiger charge is -2.40. The van der Waals surface area contributed by atoms with Gasteiger partial charge in [0.2, 0.25) is 5.91 Å². The molecule has 0 atom stereocenters. The van der Waals surface area contributed by atoms with Gasteiger partial charge in [-0.3, -0.25) is 9.59 Å². The summed E-state index contributed by atoms with van der Waals surface area (Å²) >= 11 is 6.76. The molecule has 0 saturated carbocycles. The van der Waals surface area contributed by atoms with E-state index in [-0.39, 0.29) is 18.3 Å². The maximum absolute atomic E-state index is 14.2. The molecule has 0 aliphatic carbocycles. The number of benzene rings is 3. The molecule has 6 nitrogen and oxygen atoms in total. The van der Waals surface area contributed by atoms with Gasteiger partial charge in [0.15, 0.2) is 0 Å². The van der Waals surface area contributed by atoms with Crippen LogP contribution >= 0.6 is 11.6 Å². The quantitative estimate of drug-likeness (QED) is 0.260. The Hall–Kier alpha value is -3.94. The normalized spacial score (nSPS) is 14.6. The van der Waals surface area contributed by atoms with Crippen LogP contribution in [0.15, 0.2) is 72.8 Å². The largest absolute Gasteiger partial charge is 0.396 e. The number of rotatable bonds is 8. The number of aromatic nitrogens is 1. The highest BCUT2D eigenvalue weighted by Gasteiger charge is 2.43. The minimum absolute atomic E-state index is 0.0180. The number of aliphatic hydroxyl groups is 1. The van der Waals surface area contributed by atoms with Gasteiger partial charge in [-0.05, 0) is 87.1 Å². The maximum atomic E-state index is 14.2. The van der Waals surface area contributed by atoms with Gasteiger partial charge in [0.05, 0.1) is 21.7 Å². The zero-order valence-corrected chi connectivity index (χ0v) is 24.6. The molecule has 0 bridgehead atoms. The van der Waals surface area contributed by atoms with Gasteiger partial charge in [-0.2, -0.15) is 0 Å². The fourth-order valence-electron chi connectivity index (χ4n) is 5.95. The number of piperidine rings is 1. The Labute approximate surface area is 250 Å². The molecule has 4 aromatic rings. The number of hydrogen-bond donors (Lipinski definition) is 2. The molecule has 42 heavy (non-hydrogen) atoms. The molecule has 0 radical (unpaired) electrons. The number of nitrogens with zero attached hydrogens (tertiary/aromatic N) is 2. The van der Waals surface area contributed by atoms with Gasteiger partial charge in [0.25, 0.3) is 5.91 Å². The van der Waals surface area contributed by atoms with E-state index in [9.17, 15) is 19.1 Å². The molecule has 1 aromatic heterocycles. The Morgan fingerprint density at radius 2 is 1.60 bits per heavy atom. The fraction of sp³-hybridized carbons (Fsp3) is 0.294. The third-order valence-corrected chi connectivity index (χ3v) is 8.68. The summed E-state index contributed by atoms with van der Waals surface area (Å²) in [5.41, 5.74) is 11.5. The lowest BCUT2D eigenvalue weighted by atomic mass is 9.72. The highest BCUT2D eigenvalue weighted by molar-refractivity contribution is 6.33. The van der Waals surface area contributed by atoms with Crippen LogP contribution in [0.25, 0.3) is 16.9 Å². The van der Waals surface area contributed by atoms with Gasteiger partial charge in [-0.15, -0.1) is 0 Å². The average molecular weight is 588 g/mol. The number of aryl methyl sites for hydroxylation is 2. The van der Waals surface area contributed by atoms with Gasteiger partial charge in [-0.25, -0.2) is 4.39 Å². The Bertz CT molecular complexity index is 1600. The third-order valence-electron chi connectivity index (χ3n) is 8.37. The zero-order chi connectivity index (χ0) is 30.0. The van der Waals surface area contributed by atoms with Crippen LogP contribution in [0.5, 0.6) is 0 Å². The molecule has 1 saturated heterocycles. The highest BCUT2D eigenvalue weighted by atomic mass is 35.5. The lowest BCUT2D eigenvalue weighted by molar-refractivity contribution is -0.125. The van der Waals surface area contributed by atoms with Crippen molar-refractivity contribution in [3.05, 3.63) is 112 Å². The predicted octanol–water partition coefficient (Wildman–Crippen LogP) is 6.14. The molecule has 0 spiro atoms. The number of carbonyl (C=O) groups is 2. The number of carbonyl (C=O) groups excluding carboxylic acids is 2. The van der Waals surface area contributed by atoms with Crippen molar-refractivity contribution in [3.8, 4) is 16.9 Å². The predicted molar refractivity (Wildman–Crippen MR) is 164 cm³/mol. The SMILES string of the molecule is Cc1ccc(-n2c(-c3ccc(C)cc3Cl)cc(C(=O)N3CCC(C(N)=O)(c4ccc(F)cc4)CC3)c2CCCO)cc1. The van der Waals surface area contributed by atoms with Crippen molar-refractivity contribution in [1.29, 1.82) is 0 Å². The fourth-order valence-corrected chi connectivity index (χ4v) is 6.28. The van der Waals surface area contributed by atoms with E-state index in [0.717, 1.165) is 33.8 Å². The summed E-state index contributed by atoms with van der Waals surface area (Å²) in [6.45, 7) is 4.61. The van der Waals surface area contributed by atoms with Crippen LogP contribution in [-0.2, 0) is 16.6 Å². The molecule has 1 fully saturated rings. The van der Waals surface area contributed by atoms with Gasteiger partial charge < -0.3 is 20.3 Å². The van der Waals surface area contributed by atoms with Crippen molar-refractivity contribution < 1.29 is 19.1 Å². The van der Waals surface area contributed by atoms with E-state index in [2.05, 4.69) is 4.57 Å². The number of aliphatic hydroxyl groups excluding tert-OH is 1. The molecule has 5 rings (SSSR count). The van der Waals surface area contributed by atoms with Gasteiger partial charge >= 0.3 is 0 Å². The van der Waals surface area contributed by atoms with E-state index >= 15 is 0 Å². The molecule has 1 aliphatic heterocycles. The van der Waals surface area contributed by atoms with Gasteiger partial charge in [0, 0.05) is 36.6 Å². The summed E-state index contributed by atoms with van der Waals surface area (Å²) in [4.78, 5) is 28.7. The standard InChI is InChI=1S/C34H35ClFN3O3/c1-22-5-12-26(13-6-22)39-30(4-3-19-40)28(21-31(39)27-14-7-23(2)20-29(27)35)32(41)38-17-15-34(16-18-38,33(37)42)24-8-10-25(36)11-9-24/h5-14,20-21,40H,3-4,15-19H2,1-2H3,(H2,37,42). The molecule has 8 heteroatoms. The van der Waals surface area contributed by atoms with E-state index in [1.54, 1.807) is 17.0 Å². The summed E-state index contributed by atoms with van der Waals surface area (Å²) in [6, 6.07) is 21.7. The number of amides is 2. The van der Waals surface area contributed by atoms with Gasteiger partial charge in [0.1, 0.15) is 5.82 Å². The van der Waals surface area contributed by atoms with E-state index in [0.29, 0.717) is 54.9 Å². The van der Waals surface area contributed by atoms with Crippen LogP contribution in [0.1, 0.15) is 52.0 Å². The van der Waals surface area contributed by atoms with Crippen molar-refractivity contribution in [3.63, 3.8) is 0 Å². The first-order chi connectivity index (χ1) is 20.1. The Balaban J connectivity index is 1.57. The van der Waals surface area contributed by atoms with Gasteiger partial charge in [-0.1, -0.05) is 53.6 Å². The number of nitrogens with two attached hydrogens (primary N) is 1. The number of hydrogen-bond acceptors (Lipinski definition) is 3. The first kappa shape index (κ1) is 29.5. The lowest BCUT2D eigenvalue weighted by Crippen LogP contribution is -2.51. The minimum atomic E-state index is -0.974. The van der Waals surface area contributed by atoms with Crippen LogP contribution in [0.4, 0.5) is 4.39 Å². The highest BCUT2D eigenvalue weighted by Crippen LogP contribution is 2.39. The second-order valence-electron chi connectivity index (χ2n) is 11.1. The zero-order valence-electron chi connectivity index (χ0n) is 23.9. The molecule has 3 aromatic carbocycles. The summed E-state index contributed by atoms with van der Waals surface area (Å²) in [5, 5.41) is 10.3. The smallest absolute Gasteiger partial charge is 0.255 e. The van der Waals surface area contributed by atoms with Crippen LogP contribution < -0.4 is 5.73 Å².